The summed E-state index contributed by atoms with van der Waals surface area (Å²) < 4.78 is 0. The number of nitrogens with zero attached hydrogens (tertiary/aromatic N) is 2. The van der Waals surface area contributed by atoms with Gasteiger partial charge in [0.15, 0.2) is 0 Å². The van der Waals surface area contributed by atoms with Crippen LogP contribution in [-0.4, -0.2) is 10.2 Å². The maximum atomic E-state index is 6.23. The Kier molecular flexibility index (Phi) is 3.41. The molecule has 0 radical (unpaired) electrons. The molecular formula is C13H14ClN3. The van der Waals surface area contributed by atoms with E-state index in [1.54, 1.807) is 0 Å². The molecule has 2 rings (SSSR count). The number of rotatable bonds is 2. The second-order valence-electron chi connectivity index (χ2n) is 4.06. The smallest absolute Gasteiger partial charge is 0.0651 e. The lowest BCUT2D eigenvalue weighted by Crippen LogP contribution is -2.14. The van der Waals surface area contributed by atoms with Crippen LogP contribution in [0.5, 0.6) is 0 Å². The molecule has 0 saturated heterocycles. The summed E-state index contributed by atoms with van der Waals surface area (Å²) in [6, 6.07) is 9.32. The van der Waals surface area contributed by atoms with Gasteiger partial charge >= 0.3 is 0 Å². The number of aromatic nitrogens is 2. The van der Waals surface area contributed by atoms with Crippen molar-refractivity contribution in [3.63, 3.8) is 0 Å². The Morgan fingerprint density at radius 3 is 2.65 bits per heavy atom. The summed E-state index contributed by atoms with van der Waals surface area (Å²) in [6.07, 6.45) is 0. The van der Waals surface area contributed by atoms with Gasteiger partial charge in [0, 0.05) is 5.02 Å². The van der Waals surface area contributed by atoms with Crippen LogP contribution in [0.25, 0.3) is 0 Å². The predicted molar refractivity (Wildman–Crippen MR) is 69.0 cm³/mol. The Labute approximate surface area is 106 Å². The molecule has 1 aromatic carbocycles. The van der Waals surface area contributed by atoms with E-state index in [9.17, 15) is 0 Å². The molecule has 0 saturated carbocycles. The van der Waals surface area contributed by atoms with E-state index < -0.39 is 0 Å². The van der Waals surface area contributed by atoms with Crippen molar-refractivity contribution in [3.05, 3.63) is 57.9 Å². The van der Waals surface area contributed by atoms with Crippen molar-refractivity contribution < 1.29 is 0 Å². The molecule has 3 nitrogen and oxygen atoms in total. The molecule has 4 heteroatoms. The third kappa shape index (κ3) is 2.62. The van der Waals surface area contributed by atoms with E-state index >= 15 is 0 Å². The molecule has 0 aliphatic rings. The van der Waals surface area contributed by atoms with Crippen LogP contribution in [0.3, 0.4) is 0 Å². The van der Waals surface area contributed by atoms with Crippen molar-refractivity contribution in [2.45, 2.75) is 19.9 Å². The summed E-state index contributed by atoms with van der Waals surface area (Å²) in [5.74, 6) is 0. The number of halogens is 1. The first-order valence-corrected chi connectivity index (χ1v) is 5.77. The molecular weight excluding hydrogens is 234 g/mol. The van der Waals surface area contributed by atoms with Gasteiger partial charge in [-0.2, -0.15) is 10.2 Å². The Bertz CT molecular complexity index is 540. The summed E-state index contributed by atoms with van der Waals surface area (Å²) >= 11 is 5.96. The van der Waals surface area contributed by atoms with Gasteiger partial charge in [-0.25, -0.2) is 0 Å². The minimum Gasteiger partial charge on any atom is -0.320 e. The standard InChI is InChI=1S/C13H14ClN3/c1-8-6-12(9(2)17-16-8)13(15)10-4-3-5-11(14)7-10/h3-7,13H,15H2,1-2H3. The Hall–Kier alpha value is -1.45. The van der Waals surface area contributed by atoms with E-state index in [0.717, 1.165) is 22.5 Å². The number of nitrogens with two attached hydrogens (primary N) is 1. The lowest BCUT2D eigenvalue weighted by molar-refractivity contribution is 0.813. The van der Waals surface area contributed by atoms with E-state index in [1.165, 1.54) is 0 Å². The molecule has 17 heavy (non-hydrogen) atoms. The zero-order valence-electron chi connectivity index (χ0n) is 9.81. The summed E-state index contributed by atoms with van der Waals surface area (Å²) in [5, 5.41) is 8.78. The predicted octanol–water partition coefficient (Wildman–Crippen LogP) is 2.79. The Morgan fingerprint density at radius 2 is 1.94 bits per heavy atom. The van der Waals surface area contributed by atoms with Crippen LogP contribution in [-0.2, 0) is 0 Å². The molecule has 88 valence electrons. The summed E-state index contributed by atoms with van der Waals surface area (Å²) in [7, 11) is 0. The van der Waals surface area contributed by atoms with Crippen LogP contribution in [0.2, 0.25) is 5.02 Å². The van der Waals surface area contributed by atoms with Gasteiger partial charge in [0.2, 0.25) is 0 Å². The lowest BCUT2D eigenvalue weighted by atomic mass is 9.98. The molecule has 0 amide bonds. The largest absolute Gasteiger partial charge is 0.320 e. The fourth-order valence-electron chi connectivity index (χ4n) is 1.76. The zero-order valence-corrected chi connectivity index (χ0v) is 10.6. The molecule has 0 aliphatic carbocycles. The third-order valence-electron chi connectivity index (χ3n) is 2.68. The van der Waals surface area contributed by atoms with E-state index in [4.69, 9.17) is 17.3 Å². The van der Waals surface area contributed by atoms with Crippen LogP contribution in [0, 0.1) is 13.8 Å². The van der Waals surface area contributed by atoms with Crippen LogP contribution >= 0.6 is 11.6 Å². The molecule has 1 heterocycles. The number of aryl methyl sites for hydroxylation is 2. The second-order valence-corrected chi connectivity index (χ2v) is 4.50. The summed E-state index contributed by atoms with van der Waals surface area (Å²) in [4.78, 5) is 0. The van der Waals surface area contributed by atoms with Crippen molar-refractivity contribution in [2.24, 2.45) is 5.73 Å². The highest BCUT2D eigenvalue weighted by Gasteiger charge is 2.13. The Balaban J connectivity index is 2.43. The van der Waals surface area contributed by atoms with E-state index in [0.29, 0.717) is 5.02 Å². The van der Waals surface area contributed by atoms with Gasteiger partial charge in [0.25, 0.3) is 0 Å². The lowest BCUT2D eigenvalue weighted by Gasteiger charge is -2.14. The molecule has 0 bridgehead atoms. The topological polar surface area (TPSA) is 51.8 Å². The minimum atomic E-state index is -0.220. The van der Waals surface area contributed by atoms with E-state index in [1.807, 2.05) is 44.2 Å². The van der Waals surface area contributed by atoms with Crippen LogP contribution in [0.4, 0.5) is 0 Å². The first-order valence-electron chi connectivity index (χ1n) is 5.40. The highest BCUT2D eigenvalue weighted by molar-refractivity contribution is 6.30. The van der Waals surface area contributed by atoms with Crippen molar-refractivity contribution in [3.8, 4) is 0 Å². The maximum Gasteiger partial charge on any atom is 0.0651 e. The van der Waals surface area contributed by atoms with Crippen molar-refractivity contribution in [1.29, 1.82) is 0 Å². The van der Waals surface area contributed by atoms with Crippen LogP contribution in [0.1, 0.15) is 28.6 Å². The first kappa shape index (κ1) is 12.0. The summed E-state index contributed by atoms with van der Waals surface area (Å²) in [6.45, 7) is 3.81. The van der Waals surface area contributed by atoms with Gasteiger partial charge < -0.3 is 5.73 Å². The fourth-order valence-corrected chi connectivity index (χ4v) is 1.96. The van der Waals surface area contributed by atoms with E-state index in [2.05, 4.69) is 10.2 Å². The average molecular weight is 248 g/mol. The summed E-state index contributed by atoms with van der Waals surface area (Å²) in [5.41, 5.74) is 9.91. The quantitative estimate of drug-likeness (QED) is 0.888. The van der Waals surface area contributed by atoms with Gasteiger partial charge in [0.05, 0.1) is 17.4 Å². The van der Waals surface area contributed by atoms with E-state index in [-0.39, 0.29) is 6.04 Å². The zero-order chi connectivity index (χ0) is 12.4. The normalized spacial score (nSPS) is 12.5. The third-order valence-corrected chi connectivity index (χ3v) is 2.92. The number of hydrogen-bond donors (Lipinski definition) is 1. The SMILES string of the molecule is Cc1cc(C(N)c2cccc(Cl)c2)c(C)nn1. The monoisotopic (exact) mass is 247 g/mol. The van der Waals surface area contributed by atoms with Crippen molar-refractivity contribution >= 4 is 11.6 Å². The molecule has 0 fully saturated rings. The molecule has 1 unspecified atom stereocenters. The number of hydrogen-bond acceptors (Lipinski definition) is 3. The molecule has 0 spiro atoms. The van der Waals surface area contributed by atoms with Crippen LogP contribution < -0.4 is 5.73 Å². The molecule has 2 N–H and O–H groups in total. The van der Waals surface area contributed by atoms with Gasteiger partial charge in [-0.1, -0.05) is 23.7 Å². The van der Waals surface area contributed by atoms with Gasteiger partial charge in [-0.05, 0) is 43.2 Å². The second kappa shape index (κ2) is 4.82. The van der Waals surface area contributed by atoms with Gasteiger partial charge in [-0.3, -0.25) is 0 Å². The fraction of sp³-hybridized carbons (Fsp3) is 0.231. The van der Waals surface area contributed by atoms with Crippen molar-refractivity contribution in [1.82, 2.24) is 10.2 Å². The first-order chi connectivity index (χ1) is 8.08. The molecule has 2 aromatic rings. The molecule has 0 aliphatic heterocycles. The van der Waals surface area contributed by atoms with Crippen LogP contribution in [0.15, 0.2) is 30.3 Å². The molecule has 1 aromatic heterocycles. The highest BCUT2D eigenvalue weighted by Crippen LogP contribution is 2.23. The Morgan fingerprint density at radius 1 is 1.18 bits per heavy atom. The minimum absolute atomic E-state index is 0.220. The van der Waals surface area contributed by atoms with Crippen molar-refractivity contribution in [2.75, 3.05) is 0 Å². The van der Waals surface area contributed by atoms with Gasteiger partial charge in [0.1, 0.15) is 0 Å². The average Bonchev–Trinajstić information content (AvgIpc) is 2.31. The maximum absolute atomic E-state index is 6.23. The highest BCUT2D eigenvalue weighted by atomic mass is 35.5. The molecule has 1 atom stereocenters. The van der Waals surface area contributed by atoms with Gasteiger partial charge in [-0.15, -0.1) is 0 Å². The number of benzene rings is 1.